The number of hydrogen-bond donors (Lipinski definition) is 2. The zero-order valence-corrected chi connectivity index (χ0v) is 18.6. The number of rotatable bonds is 7. The lowest BCUT2D eigenvalue weighted by atomic mass is 9.70. The molecule has 2 aromatic carbocycles. The van der Waals surface area contributed by atoms with Gasteiger partial charge in [-0.05, 0) is 73.6 Å². The Morgan fingerprint density at radius 1 is 1.10 bits per heavy atom. The maximum atomic E-state index is 12.6. The molecule has 164 valence electrons. The van der Waals surface area contributed by atoms with Gasteiger partial charge in [0.1, 0.15) is 0 Å². The minimum Gasteiger partial charge on any atom is -0.342 e. The van der Waals surface area contributed by atoms with E-state index in [-0.39, 0.29) is 17.7 Å². The number of likely N-dealkylation sites (tertiary alicyclic amines) is 1. The van der Waals surface area contributed by atoms with Crippen LogP contribution in [0, 0.1) is 5.92 Å². The Kier molecular flexibility index (Phi) is 6.42. The van der Waals surface area contributed by atoms with E-state index in [4.69, 9.17) is 0 Å². The molecule has 2 aliphatic rings. The molecule has 0 spiro atoms. The fourth-order valence-corrected chi connectivity index (χ4v) is 5.09. The van der Waals surface area contributed by atoms with Crippen LogP contribution < -0.4 is 10.6 Å². The van der Waals surface area contributed by atoms with E-state index in [0.29, 0.717) is 12.8 Å². The Bertz CT molecular complexity index is 932. The molecule has 1 fully saturated rings. The van der Waals surface area contributed by atoms with Gasteiger partial charge in [-0.25, -0.2) is 0 Å². The highest BCUT2D eigenvalue weighted by Crippen LogP contribution is 2.41. The van der Waals surface area contributed by atoms with Crippen LogP contribution in [0.3, 0.4) is 0 Å². The molecule has 31 heavy (non-hydrogen) atoms. The van der Waals surface area contributed by atoms with Crippen LogP contribution >= 0.6 is 0 Å². The summed E-state index contributed by atoms with van der Waals surface area (Å²) < 4.78 is 0. The van der Waals surface area contributed by atoms with E-state index in [9.17, 15) is 9.59 Å². The van der Waals surface area contributed by atoms with Gasteiger partial charge in [-0.2, -0.15) is 0 Å². The summed E-state index contributed by atoms with van der Waals surface area (Å²) in [6, 6.07) is 16.1. The molecular formula is C26H33N3O2. The zero-order valence-electron chi connectivity index (χ0n) is 18.6. The third-order valence-electron chi connectivity index (χ3n) is 6.70. The van der Waals surface area contributed by atoms with Gasteiger partial charge >= 0.3 is 0 Å². The van der Waals surface area contributed by atoms with E-state index < -0.39 is 5.54 Å². The number of carbonyl (C=O) groups excluding carboxylic acids is 2. The fraction of sp³-hybridized carbons (Fsp3) is 0.462. The van der Waals surface area contributed by atoms with Crippen molar-refractivity contribution < 1.29 is 9.59 Å². The summed E-state index contributed by atoms with van der Waals surface area (Å²) in [6.07, 6.45) is 4.40. The minimum absolute atomic E-state index is 0.0442. The maximum Gasteiger partial charge on any atom is 0.225 e. The standard InChI is InChI=1S/C26H33N3O2/c1-19(2)26(23-9-4-3-8-20(23)18-25(31)28-26)21-11-13-22(14-12-21)27-24(30)10-7-17-29-15-5-6-16-29/h3-4,8-9,11-14,19H,5-7,10,15-18H2,1-2H3,(H,27,30)(H,28,31). The second kappa shape index (κ2) is 9.23. The van der Waals surface area contributed by atoms with E-state index in [1.807, 2.05) is 42.5 Å². The van der Waals surface area contributed by atoms with Gasteiger partial charge in [-0.3, -0.25) is 9.59 Å². The molecule has 1 unspecified atom stereocenters. The van der Waals surface area contributed by atoms with Gasteiger partial charge < -0.3 is 15.5 Å². The Hall–Kier alpha value is -2.66. The highest BCUT2D eigenvalue weighted by molar-refractivity contribution is 5.90. The molecule has 1 atom stereocenters. The van der Waals surface area contributed by atoms with E-state index in [1.54, 1.807) is 0 Å². The molecule has 0 radical (unpaired) electrons. The van der Waals surface area contributed by atoms with Crippen LogP contribution in [0.5, 0.6) is 0 Å². The van der Waals surface area contributed by atoms with Crippen LogP contribution in [-0.4, -0.2) is 36.3 Å². The average Bonchev–Trinajstić information content (AvgIpc) is 3.27. The lowest BCUT2D eigenvalue weighted by molar-refractivity contribution is -0.123. The number of carbonyl (C=O) groups is 2. The molecule has 0 aromatic heterocycles. The largest absolute Gasteiger partial charge is 0.342 e. The molecule has 2 aliphatic heterocycles. The van der Waals surface area contributed by atoms with Crippen molar-refractivity contribution in [2.75, 3.05) is 25.0 Å². The molecule has 2 aromatic rings. The topological polar surface area (TPSA) is 61.4 Å². The van der Waals surface area contributed by atoms with Crippen LogP contribution in [0.4, 0.5) is 5.69 Å². The molecule has 4 rings (SSSR count). The number of amides is 2. The quantitative estimate of drug-likeness (QED) is 0.711. The maximum absolute atomic E-state index is 12.6. The molecule has 2 N–H and O–H groups in total. The van der Waals surface area contributed by atoms with Gasteiger partial charge in [0.2, 0.25) is 11.8 Å². The van der Waals surface area contributed by atoms with Crippen molar-refractivity contribution in [3.8, 4) is 0 Å². The van der Waals surface area contributed by atoms with Crippen LogP contribution in [0.2, 0.25) is 0 Å². The van der Waals surface area contributed by atoms with Gasteiger partial charge in [0.15, 0.2) is 0 Å². The van der Waals surface area contributed by atoms with Gasteiger partial charge in [-0.15, -0.1) is 0 Å². The van der Waals surface area contributed by atoms with Gasteiger partial charge in [0.25, 0.3) is 0 Å². The van der Waals surface area contributed by atoms with Crippen molar-refractivity contribution in [1.29, 1.82) is 0 Å². The monoisotopic (exact) mass is 419 g/mol. The van der Waals surface area contributed by atoms with Gasteiger partial charge in [-0.1, -0.05) is 50.2 Å². The molecular weight excluding hydrogens is 386 g/mol. The molecule has 0 bridgehead atoms. The zero-order chi connectivity index (χ0) is 21.8. The van der Waals surface area contributed by atoms with Gasteiger partial charge in [0.05, 0.1) is 12.0 Å². The van der Waals surface area contributed by atoms with Crippen LogP contribution in [-0.2, 0) is 21.5 Å². The van der Waals surface area contributed by atoms with Crippen molar-refractivity contribution in [3.05, 3.63) is 65.2 Å². The van der Waals surface area contributed by atoms with Crippen LogP contribution in [0.15, 0.2) is 48.5 Å². The molecule has 1 saturated heterocycles. The first-order valence-corrected chi connectivity index (χ1v) is 11.5. The molecule has 0 aliphatic carbocycles. The number of fused-ring (bicyclic) bond motifs is 1. The highest BCUT2D eigenvalue weighted by atomic mass is 16.2. The third kappa shape index (κ3) is 4.52. The first-order valence-electron chi connectivity index (χ1n) is 11.5. The van der Waals surface area contributed by atoms with Gasteiger partial charge in [0, 0.05) is 12.1 Å². The summed E-state index contributed by atoms with van der Waals surface area (Å²) in [5.74, 6) is 0.272. The molecule has 5 nitrogen and oxygen atoms in total. The van der Waals surface area contributed by atoms with Crippen molar-refractivity contribution in [2.24, 2.45) is 5.92 Å². The number of hydrogen-bond acceptors (Lipinski definition) is 3. The minimum atomic E-state index is -0.565. The van der Waals surface area contributed by atoms with E-state index in [2.05, 4.69) is 35.4 Å². The average molecular weight is 420 g/mol. The summed E-state index contributed by atoms with van der Waals surface area (Å²) in [4.78, 5) is 27.4. The van der Waals surface area contributed by atoms with Crippen molar-refractivity contribution >= 4 is 17.5 Å². The predicted molar refractivity (Wildman–Crippen MR) is 124 cm³/mol. The number of nitrogens with one attached hydrogen (secondary N) is 2. The SMILES string of the molecule is CC(C)C1(c2ccc(NC(=O)CCCN3CCCC3)cc2)NC(=O)Cc2ccccc21. The highest BCUT2D eigenvalue weighted by Gasteiger charge is 2.43. The van der Waals surface area contributed by atoms with E-state index >= 15 is 0 Å². The summed E-state index contributed by atoms with van der Waals surface area (Å²) in [5, 5.41) is 6.31. The second-order valence-corrected chi connectivity index (χ2v) is 9.12. The Balaban J connectivity index is 1.47. The normalized spacial score (nSPS) is 21.1. The third-order valence-corrected chi connectivity index (χ3v) is 6.70. The smallest absolute Gasteiger partial charge is 0.225 e. The van der Waals surface area contributed by atoms with Crippen LogP contribution in [0.1, 0.15) is 56.2 Å². The number of anilines is 1. The summed E-state index contributed by atoms with van der Waals surface area (Å²) in [5.41, 5.74) is 3.50. The van der Waals surface area contributed by atoms with Crippen molar-refractivity contribution in [1.82, 2.24) is 10.2 Å². The first kappa shape index (κ1) is 21.6. The second-order valence-electron chi connectivity index (χ2n) is 9.12. The van der Waals surface area contributed by atoms with E-state index in [1.165, 1.54) is 25.9 Å². The van der Waals surface area contributed by atoms with Crippen LogP contribution in [0.25, 0.3) is 0 Å². The van der Waals surface area contributed by atoms with Crippen molar-refractivity contribution in [3.63, 3.8) is 0 Å². The number of benzene rings is 2. The molecule has 0 saturated carbocycles. The first-order chi connectivity index (χ1) is 15.0. The summed E-state index contributed by atoms with van der Waals surface area (Å²) >= 11 is 0. The molecule has 2 amide bonds. The lowest BCUT2D eigenvalue weighted by Gasteiger charge is -2.43. The predicted octanol–water partition coefficient (Wildman–Crippen LogP) is 4.07. The van der Waals surface area contributed by atoms with Crippen molar-refractivity contribution in [2.45, 2.75) is 51.5 Å². The Morgan fingerprint density at radius 3 is 2.52 bits per heavy atom. The van der Waals surface area contributed by atoms with E-state index in [0.717, 1.165) is 35.3 Å². The molecule has 2 heterocycles. The summed E-state index contributed by atoms with van der Waals surface area (Å²) in [7, 11) is 0. The number of nitrogens with zero attached hydrogens (tertiary/aromatic N) is 1. The summed E-state index contributed by atoms with van der Waals surface area (Å²) in [6.45, 7) is 7.61. The molecule has 5 heteroatoms. The lowest BCUT2D eigenvalue weighted by Crippen LogP contribution is -2.54. The Labute approximate surface area is 185 Å². The Morgan fingerprint density at radius 2 is 1.81 bits per heavy atom. The fourth-order valence-electron chi connectivity index (χ4n) is 5.09.